The fourth-order valence-electron chi connectivity index (χ4n) is 1.84. The first kappa shape index (κ1) is 16.3. The molecule has 1 aromatic carbocycles. The Kier molecular flexibility index (Phi) is 6.27. The van der Waals surface area contributed by atoms with Crippen LogP contribution >= 0.6 is 0 Å². The molecule has 0 fully saturated rings. The summed E-state index contributed by atoms with van der Waals surface area (Å²) in [6, 6.07) is 5.61. The molecule has 3 nitrogen and oxygen atoms in total. The minimum Gasteiger partial charge on any atom is -0.384 e. The predicted octanol–water partition coefficient (Wildman–Crippen LogP) is 2.46. The molecule has 0 aromatic heterocycles. The quantitative estimate of drug-likeness (QED) is 0.856. The van der Waals surface area contributed by atoms with E-state index in [-0.39, 0.29) is 12.5 Å². The zero-order chi connectivity index (χ0) is 15.1. The molecule has 1 aromatic rings. The number of aryl methyl sites for hydroxylation is 1. The fourth-order valence-corrected chi connectivity index (χ4v) is 1.84. The molecule has 0 saturated heterocycles. The molecule has 1 N–H and O–H groups in total. The molecule has 108 valence electrons. The fraction of sp³-hybridized carbons (Fsp3) is 0.471. The van der Waals surface area contributed by atoms with Crippen molar-refractivity contribution >= 4 is 5.91 Å². The standard InChI is InChI=1S/C17H23NO2/c1-13(2)9-10-18(4)17(20)16-12-14(3)7-8-15(16)6-5-11-19/h7-8,12-13,19H,9-11H2,1-4H3. The Labute approximate surface area is 121 Å². The summed E-state index contributed by atoms with van der Waals surface area (Å²) in [6.07, 6.45) is 0.978. The van der Waals surface area contributed by atoms with Crippen LogP contribution in [0.4, 0.5) is 0 Å². The number of carbonyl (C=O) groups is 1. The highest BCUT2D eigenvalue weighted by Crippen LogP contribution is 2.14. The summed E-state index contributed by atoms with van der Waals surface area (Å²) in [5.74, 6) is 6.00. The van der Waals surface area contributed by atoms with Crippen molar-refractivity contribution in [3.8, 4) is 11.8 Å². The summed E-state index contributed by atoms with van der Waals surface area (Å²) < 4.78 is 0. The van der Waals surface area contributed by atoms with Crippen molar-refractivity contribution in [2.24, 2.45) is 5.92 Å². The van der Waals surface area contributed by atoms with Crippen LogP contribution in [-0.2, 0) is 0 Å². The Hall–Kier alpha value is -1.79. The van der Waals surface area contributed by atoms with Gasteiger partial charge in [0.1, 0.15) is 6.61 Å². The monoisotopic (exact) mass is 273 g/mol. The first-order valence-corrected chi connectivity index (χ1v) is 6.91. The Morgan fingerprint density at radius 2 is 2.10 bits per heavy atom. The molecule has 1 amide bonds. The van der Waals surface area contributed by atoms with Gasteiger partial charge in [-0.3, -0.25) is 4.79 Å². The zero-order valence-electron chi connectivity index (χ0n) is 12.7. The normalized spacial score (nSPS) is 10.1. The van der Waals surface area contributed by atoms with E-state index in [1.54, 1.807) is 4.90 Å². The second kappa shape index (κ2) is 7.72. The summed E-state index contributed by atoms with van der Waals surface area (Å²) in [7, 11) is 1.82. The van der Waals surface area contributed by atoms with Crippen LogP contribution in [0.2, 0.25) is 0 Å². The molecular weight excluding hydrogens is 250 g/mol. The highest BCUT2D eigenvalue weighted by Gasteiger charge is 2.15. The molecule has 0 bridgehead atoms. The first-order valence-electron chi connectivity index (χ1n) is 6.91. The lowest BCUT2D eigenvalue weighted by Crippen LogP contribution is -2.29. The highest BCUT2D eigenvalue weighted by atomic mass is 16.2. The Morgan fingerprint density at radius 1 is 1.40 bits per heavy atom. The number of hydrogen-bond acceptors (Lipinski definition) is 2. The lowest BCUT2D eigenvalue weighted by Gasteiger charge is -2.19. The number of benzene rings is 1. The summed E-state index contributed by atoms with van der Waals surface area (Å²) in [6.45, 7) is 6.77. The van der Waals surface area contributed by atoms with Gasteiger partial charge in [-0.15, -0.1) is 0 Å². The van der Waals surface area contributed by atoms with E-state index in [1.165, 1.54) is 0 Å². The van der Waals surface area contributed by atoms with E-state index < -0.39 is 0 Å². The largest absolute Gasteiger partial charge is 0.384 e. The molecular formula is C17H23NO2. The number of hydrogen-bond donors (Lipinski definition) is 1. The van der Waals surface area contributed by atoms with E-state index in [4.69, 9.17) is 5.11 Å². The summed E-state index contributed by atoms with van der Waals surface area (Å²) in [4.78, 5) is 14.2. The van der Waals surface area contributed by atoms with Crippen LogP contribution in [0.25, 0.3) is 0 Å². The van der Waals surface area contributed by atoms with Crippen LogP contribution in [0, 0.1) is 24.7 Å². The third-order valence-corrected chi connectivity index (χ3v) is 3.10. The molecule has 0 atom stereocenters. The summed E-state index contributed by atoms with van der Waals surface area (Å²) in [5, 5.41) is 8.80. The maximum atomic E-state index is 12.5. The van der Waals surface area contributed by atoms with Gasteiger partial charge in [0.15, 0.2) is 0 Å². The number of aliphatic hydroxyl groups excluding tert-OH is 1. The molecule has 0 aliphatic heterocycles. The molecule has 0 heterocycles. The van der Waals surface area contributed by atoms with Crippen LogP contribution in [0.3, 0.4) is 0 Å². The van der Waals surface area contributed by atoms with Gasteiger partial charge in [-0.2, -0.15) is 0 Å². The molecule has 0 saturated carbocycles. The SMILES string of the molecule is Cc1ccc(C#CCO)c(C(=O)N(C)CCC(C)C)c1. The maximum Gasteiger partial charge on any atom is 0.254 e. The molecule has 0 spiro atoms. The Bertz CT molecular complexity index is 524. The summed E-state index contributed by atoms with van der Waals surface area (Å²) in [5.41, 5.74) is 2.31. The molecule has 0 aliphatic carbocycles. The van der Waals surface area contributed by atoms with E-state index in [2.05, 4.69) is 25.7 Å². The number of nitrogens with zero attached hydrogens (tertiary/aromatic N) is 1. The molecule has 0 radical (unpaired) electrons. The molecule has 1 rings (SSSR count). The highest BCUT2D eigenvalue weighted by molar-refractivity contribution is 5.96. The van der Waals surface area contributed by atoms with E-state index in [0.717, 1.165) is 18.5 Å². The van der Waals surface area contributed by atoms with Crippen LogP contribution in [0.5, 0.6) is 0 Å². The molecule has 20 heavy (non-hydrogen) atoms. The van der Waals surface area contributed by atoms with Crippen LogP contribution in [0.15, 0.2) is 18.2 Å². The van der Waals surface area contributed by atoms with Gasteiger partial charge in [0, 0.05) is 19.2 Å². The lowest BCUT2D eigenvalue weighted by atomic mass is 10.0. The Balaban J connectivity index is 2.98. The van der Waals surface area contributed by atoms with Crippen molar-refractivity contribution in [2.45, 2.75) is 27.2 Å². The Morgan fingerprint density at radius 3 is 2.70 bits per heavy atom. The van der Waals surface area contributed by atoms with Crippen LogP contribution in [0.1, 0.15) is 41.8 Å². The van der Waals surface area contributed by atoms with Gasteiger partial charge in [-0.05, 0) is 31.4 Å². The van der Waals surface area contributed by atoms with Crippen LogP contribution < -0.4 is 0 Å². The summed E-state index contributed by atoms with van der Waals surface area (Å²) >= 11 is 0. The van der Waals surface area contributed by atoms with Crippen molar-refractivity contribution in [3.63, 3.8) is 0 Å². The first-order chi connectivity index (χ1) is 9.45. The second-order valence-corrected chi connectivity index (χ2v) is 5.42. The van der Waals surface area contributed by atoms with Gasteiger partial charge < -0.3 is 10.0 Å². The van der Waals surface area contributed by atoms with E-state index >= 15 is 0 Å². The van der Waals surface area contributed by atoms with E-state index in [9.17, 15) is 4.79 Å². The molecule has 0 aliphatic rings. The van der Waals surface area contributed by atoms with Crippen molar-refractivity contribution < 1.29 is 9.90 Å². The van der Waals surface area contributed by atoms with Crippen molar-refractivity contribution in [1.82, 2.24) is 4.90 Å². The van der Waals surface area contributed by atoms with Crippen molar-refractivity contribution in [2.75, 3.05) is 20.2 Å². The maximum absolute atomic E-state index is 12.5. The van der Waals surface area contributed by atoms with Gasteiger partial charge in [-0.25, -0.2) is 0 Å². The third kappa shape index (κ3) is 4.71. The van der Waals surface area contributed by atoms with E-state index in [1.807, 2.05) is 32.2 Å². The van der Waals surface area contributed by atoms with Gasteiger partial charge >= 0.3 is 0 Å². The molecule has 3 heteroatoms. The lowest BCUT2D eigenvalue weighted by molar-refractivity contribution is 0.0789. The van der Waals surface area contributed by atoms with Gasteiger partial charge in [0.05, 0.1) is 5.56 Å². The van der Waals surface area contributed by atoms with Gasteiger partial charge in [0.2, 0.25) is 0 Å². The van der Waals surface area contributed by atoms with Crippen molar-refractivity contribution in [1.29, 1.82) is 0 Å². The number of aliphatic hydroxyl groups is 1. The minimum atomic E-state index is -0.204. The minimum absolute atomic E-state index is 0.0170. The smallest absolute Gasteiger partial charge is 0.254 e. The average Bonchev–Trinajstić information content (AvgIpc) is 2.42. The topological polar surface area (TPSA) is 40.5 Å². The number of carbonyl (C=O) groups excluding carboxylic acids is 1. The van der Waals surface area contributed by atoms with Gasteiger partial charge in [0.25, 0.3) is 5.91 Å². The zero-order valence-corrected chi connectivity index (χ0v) is 12.7. The molecule has 0 unspecified atom stereocenters. The number of amides is 1. The van der Waals surface area contributed by atoms with E-state index in [0.29, 0.717) is 17.0 Å². The third-order valence-electron chi connectivity index (χ3n) is 3.10. The average molecular weight is 273 g/mol. The van der Waals surface area contributed by atoms with Gasteiger partial charge in [-0.1, -0.05) is 37.3 Å². The van der Waals surface area contributed by atoms with Crippen LogP contribution in [-0.4, -0.2) is 36.1 Å². The predicted molar refractivity (Wildman–Crippen MR) is 81.6 cm³/mol. The number of rotatable bonds is 4. The van der Waals surface area contributed by atoms with Crippen molar-refractivity contribution in [3.05, 3.63) is 34.9 Å². The second-order valence-electron chi connectivity index (χ2n) is 5.42.